The zero-order valence-electron chi connectivity index (χ0n) is 11.8. The number of rotatable bonds is 4. The maximum Gasteiger partial charge on any atom is 0.137 e. The molecular weight excluding hydrogens is 248 g/mol. The molecule has 1 aromatic heterocycles. The van der Waals surface area contributed by atoms with E-state index in [2.05, 4.69) is 21.4 Å². The van der Waals surface area contributed by atoms with Crippen LogP contribution in [0.25, 0.3) is 10.9 Å². The topological polar surface area (TPSA) is 63.8 Å². The lowest BCUT2D eigenvalue weighted by Crippen LogP contribution is -2.37. The molecule has 4 nitrogen and oxygen atoms in total. The molecule has 106 valence electrons. The molecule has 0 spiro atoms. The highest BCUT2D eigenvalue weighted by atomic mass is 15.1. The quantitative estimate of drug-likeness (QED) is 0.896. The molecule has 0 radical (unpaired) electrons. The van der Waals surface area contributed by atoms with E-state index >= 15 is 0 Å². The maximum atomic E-state index is 5.99. The van der Waals surface area contributed by atoms with Crippen molar-refractivity contribution in [3.63, 3.8) is 0 Å². The van der Waals surface area contributed by atoms with Gasteiger partial charge in [-0.1, -0.05) is 31.4 Å². The molecule has 1 unspecified atom stereocenters. The van der Waals surface area contributed by atoms with Crippen molar-refractivity contribution in [1.29, 1.82) is 0 Å². The van der Waals surface area contributed by atoms with Crippen LogP contribution < -0.4 is 11.1 Å². The summed E-state index contributed by atoms with van der Waals surface area (Å²) >= 11 is 0. The van der Waals surface area contributed by atoms with Gasteiger partial charge >= 0.3 is 0 Å². The van der Waals surface area contributed by atoms with Crippen molar-refractivity contribution in [2.45, 2.75) is 38.1 Å². The van der Waals surface area contributed by atoms with Crippen molar-refractivity contribution in [3.05, 3.63) is 30.6 Å². The third-order valence-corrected chi connectivity index (χ3v) is 4.34. The standard InChI is InChI=1S/C16H22N4/c17-10-15(12-6-2-1-3-7-12)20-16-13-8-4-5-9-14(13)18-11-19-16/h4-5,8-9,11-12,15H,1-3,6-7,10,17H2,(H,18,19,20). The highest BCUT2D eigenvalue weighted by Crippen LogP contribution is 2.28. The number of nitrogens with two attached hydrogens (primary N) is 1. The first-order valence-corrected chi connectivity index (χ1v) is 7.55. The van der Waals surface area contributed by atoms with Gasteiger partial charge in [0.2, 0.25) is 0 Å². The lowest BCUT2D eigenvalue weighted by atomic mass is 9.84. The van der Waals surface area contributed by atoms with Crippen LogP contribution in [0.15, 0.2) is 30.6 Å². The Morgan fingerprint density at radius 2 is 1.95 bits per heavy atom. The van der Waals surface area contributed by atoms with Crippen molar-refractivity contribution in [1.82, 2.24) is 9.97 Å². The summed E-state index contributed by atoms with van der Waals surface area (Å²) in [6.07, 6.45) is 8.19. The van der Waals surface area contributed by atoms with Gasteiger partial charge in [0.15, 0.2) is 0 Å². The van der Waals surface area contributed by atoms with Crippen LogP contribution in [0.5, 0.6) is 0 Å². The van der Waals surface area contributed by atoms with Crippen LogP contribution in [0.2, 0.25) is 0 Å². The first-order valence-electron chi connectivity index (χ1n) is 7.55. The van der Waals surface area contributed by atoms with Crippen molar-refractivity contribution in [2.75, 3.05) is 11.9 Å². The van der Waals surface area contributed by atoms with Gasteiger partial charge in [-0.05, 0) is 30.9 Å². The Labute approximate surface area is 119 Å². The molecule has 0 bridgehead atoms. The molecule has 1 heterocycles. The Balaban J connectivity index is 1.83. The lowest BCUT2D eigenvalue weighted by Gasteiger charge is -2.30. The second-order valence-electron chi connectivity index (χ2n) is 5.62. The van der Waals surface area contributed by atoms with E-state index in [1.54, 1.807) is 6.33 Å². The Bertz CT molecular complexity index is 558. The van der Waals surface area contributed by atoms with Crippen LogP contribution in [0.4, 0.5) is 5.82 Å². The molecule has 4 heteroatoms. The Kier molecular flexibility index (Phi) is 4.11. The van der Waals surface area contributed by atoms with Gasteiger partial charge in [0.05, 0.1) is 5.52 Å². The highest BCUT2D eigenvalue weighted by Gasteiger charge is 2.23. The van der Waals surface area contributed by atoms with Gasteiger partial charge in [-0.2, -0.15) is 0 Å². The first kappa shape index (κ1) is 13.3. The fourth-order valence-electron chi connectivity index (χ4n) is 3.20. The van der Waals surface area contributed by atoms with E-state index in [9.17, 15) is 0 Å². The minimum Gasteiger partial charge on any atom is -0.365 e. The molecule has 1 aromatic carbocycles. The summed E-state index contributed by atoms with van der Waals surface area (Å²) in [5.74, 6) is 1.58. The molecule has 1 fully saturated rings. The van der Waals surface area contributed by atoms with Gasteiger partial charge in [-0.3, -0.25) is 0 Å². The predicted octanol–water partition coefficient (Wildman–Crippen LogP) is 2.95. The summed E-state index contributed by atoms with van der Waals surface area (Å²) in [5.41, 5.74) is 6.97. The molecule has 1 aliphatic carbocycles. The van der Waals surface area contributed by atoms with Crippen molar-refractivity contribution < 1.29 is 0 Å². The van der Waals surface area contributed by atoms with Crippen LogP contribution in [0, 0.1) is 5.92 Å². The van der Waals surface area contributed by atoms with Gasteiger partial charge < -0.3 is 11.1 Å². The number of fused-ring (bicyclic) bond motifs is 1. The normalized spacial score (nSPS) is 18.1. The number of nitrogens with one attached hydrogen (secondary N) is 1. The third kappa shape index (κ3) is 2.75. The summed E-state index contributed by atoms with van der Waals surface area (Å²) in [6, 6.07) is 8.41. The first-order chi connectivity index (χ1) is 9.88. The monoisotopic (exact) mass is 270 g/mol. The number of para-hydroxylation sites is 1. The van der Waals surface area contributed by atoms with Crippen LogP contribution in [-0.4, -0.2) is 22.6 Å². The molecule has 0 aliphatic heterocycles. The zero-order valence-corrected chi connectivity index (χ0v) is 11.8. The van der Waals surface area contributed by atoms with Crippen molar-refractivity contribution in [3.8, 4) is 0 Å². The SMILES string of the molecule is NCC(Nc1ncnc2ccccc12)C1CCCCC1. The summed E-state index contributed by atoms with van der Waals surface area (Å²) < 4.78 is 0. The minimum atomic E-state index is 0.314. The van der Waals surface area contributed by atoms with E-state index in [-0.39, 0.29) is 0 Å². The fourth-order valence-corrected chi connectivity index (χ4v) is 3.20. The molecule has 20 heavy (non-hydrogen) atoms. The van der Waals surface area contributed by atoms with Crippen LogP contribution >= 0.6 is 0 Å². The molecular formula is C16H22N4. The summed E-state index contributed by atoms with van der Waals surface area (Å²) in [5, 5.41) is 4.64. The van der Waals surface area contributed by atoms with E-state index in [1.165, 1.54) is 32.1 Å². The smallest absolute Gasteiger partial charge is 0.137 e. The number of nitrogens with zero attached hydrogens (tertiary/aromatic N) is 2. The summed E-state index contributed by atoms with van der Waals surface area (Å²) in [6.45, 7) is 0.656. The van der Waals surface area contributed by atoms with Gasteiger partial charge in [0.1, 0.15) is 12.1 Å². The van der Waals surface area contributed by atoms with E-state index < -0.39 is 0 Å². The molecule has 2 aromatic rings. The predicted molar refractivity (Wildman–Crippen MR) is 82.6 cm³/mol. The van der Waals surface area contributed by atoms with Crippen LogP contribution in [0.3, 0.4) is 0 Å². The van der Waals surface area contributed by atoms with E-state index in [4.69, 9.17) is 5.73 Å². The number of aromatic nitrogens is 2. The lowest BCUT2D eigenvalue weighted by molar-refractivity contribution is 0.320. The second kappa shape index (κ2) is 6.18. The molecule has 1 aliphatic rings. The Morgan fingerprint density at radius 3 is 2.75 bits per heavy atom. The van der Waals surface area contributed by atoms with Crippen LogP contribution in [-0.2, 0) is 0 Å². The van der Waals surface area contributed by atoms with Crippen molar-refractivity contribution in [2.24, 2.45) is 11.7 Å². The minimum absolute atomic E-state index is 0.314. The third-order valence-electron chi connectivity index (χ3n) is 4.34. The van der Waals surface area contributed by atoms with Gasteiger partial charge in [0, 0.05) is 18.0 Å². The molecule has 1 atom stereocenters. The number of benzene rings is 1. The molecule has 0 saturated heterocycles. The number of hydrogen-bond donors (Lipinski definition) is 2. The second-order valence-corrected chi connectivity index (χ2v) is 5.62. The average Bonchev–Trinajstić information content (AvgIpc) is 2.53. The summed E-state index contributed by atoms with van der Waals surface area (Å²) in [4.78, 5) is 8.72. The average molecular weight is 270 g/mol. The summed E-state index contributed by atoms with van der Waals surface area (Å²) in [7, 11) is 0. The fraction of sp³-hybridized carbons (Fsp3) is 0.500. The Morgan fingerprint density at radius 1 is 1.15 bits per heavy atom. The van der Waals surface area contributed by atoms with Crippen molar-refractivity contribution >= 4 is 16.7 Å². The van der Waals surface area contributed by atoms with E-state index in [1.807, 2.05) is 18.2 Å². The van der Waals surface area contributed by atoms with Gasteiger partial charge in [0.25, 0.3) is 0 Å². The van der Waals surface area contributed by atoms with Gasteiger partial charge in [-0.15, -0.1) is 0 Å². The number of anilines is 1. The van der Waals surface area contributed by atoms with Gasteiger partial charge in [-0.25, -0.2) is 9.97 Å². The molecule has 1 saturated carbocycles. The Hall–Kier alpha value is -1.68. The molecule has 0 amide bonds. The molecule has 3 N–H and O–H groups in total. The zero-order chi connectivity index (χ0) is 13.8. The van der Waals surface area contributed by atoms with E-state index in [0.717, 1.165) is 16.7 Å². The van der Waals surface area contributed by atoms with E-state index in [0.29, 0.717) is 18.5 Å². The largest absolute Gasteiger partial charge is 0.365 e. The molecule has 3 rings (SSSR count). The highest BCUT2D eigenvalue weighted by molar-refractivity contribution is 5.88. The maximum absolute atomic E-state index is 5.99. The number of hydrogen-bond acceptors (Lipinski definition) is 4. The van der Waals surface area contributed by atoms with Crippen LogP contribution in [0.1, 0.15) is 32.1 Å².